The van der Waals surface area contributed by atoms with Gasteiger partial charge in [0.15, 0.2) is 0 Å². The van der Waals surface area contributed by atoms with Crippen LogP contribution in [0, 0.1) is 18.6 Å². The maximum absolute atomic E-state index is 13.6. The molecule has 1 atom stereocenters. The van der Waals surface area contributed by atoms with Crippen molar-refractivity contribution < 1.29 is 23.1 Å². The molecule has 2 rings (SSSR count). The van der Waals surface area contributed by atoms with Crippen LogP contribution < -0.4 is 10.2 Å². The molecule has 30 heavy (non-hydrogen) atoms. The lowest BCUT2D eigenvalue weighted by Crippen LogP contribution is -2.50. The number of hydrogen-bond donors (Lipinski definition) is 1. The highest BCUT2D eigenvalue weighted by Gasteiger charge is 2.28. The van der Waals surface area contributed by atoms with Crippen LogP contribution in [0.4, 0.5) is 19.3 Å². The van der Waals surface area contributed by atoms with E-state index in [9.17, 15) is 18.4 Å². The Bertz CT molecular complexity index is 868. The molecule has 1 aromatic heterocycles. The third kappa shape index (κ3) is 7.58. The second-order valence-electron chi connectivity index (χ2n) is 7.57. The van der Waals surface area contributed by atoms with Gasteiger partial charge in [-0.05, 0) is 45.4 Å². The average Bonchev–Trinajstić information content (AvgIpc) is 2.58. The van der Waals surface area contributed by atoms with Crippen LogP contribution in [0.2, 0.25) is 0 Å². The Balaban J connectivity index is 0.00000450. The number of carbonyl (C=O) groups is 2. The van der Waals surface area contributed by atoms with Gasteiger partial charge < -0.3 is 15.0 Å². The number of nitrogens with one attached hydrogen (secondary N) is 1. The van der Waals surface area contributed by atoms with Gasteiger partial charge in [0.1, 0.15) is 29.1 Å². The van der Waals surface area contributed by atoms with Crippen LogP contribution in [-0.2, 0) is 16.0 Å². The summed E-state index contributed by atoms with van der Waals surface area (Å²) in [5, 5.41) is 2.48. The molecule has 0 unspecified atom stereocenters. The molecule has 1 heterocycles. The van der Waals surface area contributed by atoms with E-state index in [2.05, 4.69) is 15.3 Å². The van der Waals surface area contributed by atoms with E-state index in [-0.39, 0.29) is 25.5 Å². The van der Waals surface area contributed by atoms with Crippen molar-refractivity contribution in [3.8, 4) is 0 Å². The summed E-state index contributed by atoms with van der Waals surface area (Å²) in [5.74, 6) is -1.53. The van der Waals surface area contributed by atoms with Gasteiger partial charge in [0.05, 0.1) is 18.1 Å². The van der Waals surface area contributed by atoms with E-state index in [1.54, 1.807) is 27.7 Å². The predicted octanol–water partition coefficient (Wildman–Crippen LogP) is 3.27. The molecule has 0 aliphatic heterocycles. The number of rotatable bonds is 5. The van der Waals surface area contributed by atoms with Crippen LogP contribution in [-0.4, -0.2) is 40.7 Å². The third-order valence-corrected chi connectivity index (χ3v) is 3.84. The van der Waals surface area contributed by atoms with Crippen molar-refractivity contribution in [1.82, 2.24) is 15.3 Å². The van der Waals surface area contributed by atoms with E-state index in [1.807, 2.05) is 0 Å². The van der Waals surface area contributed by atoms with Gasteiger partial charge in [-0.1, -0.05) is 0 Å². The van der Waals surface area contributed by atoms with Crippen molar-refractivity contribution >= 4 is 31.2 Å². The van der Waals surface area contributed by atoms with Crippen molar-refractivity contribution in [2.24, 2.45) is 0 Å². The molecule has 1 N–H and O–H groups in total. The first-order valence-electron chi connectivity index (χ1n) is 8.95. The summed E-state index contributed by atoms with van der Waals surface area (Å²) in [6.07, 6.45) is 1.98. The minimum Gasteiger partial charge on any atom is -0.444 e. The van der Waals surface area contributed by atoms with Crippen molar-refractivity contribution in [3.63, 3.8) is 0 Å². The summed E-state index contributed by atoms with van der Waals surface area (Å²) >= 11 is 0. The molecule has 164 valence electrons. The molecule has 2 aromatic rings. The molecule has 2 amide bonds. The first-order chi connectivity index (χ1) is 13.4. The van der Waals surface area contributed by atoms with E-state index >= 15 is 0 Å². The number of anilines is 1. The van der Waals surface area contributed by atoms with Crippen LogP contribution in [0.15, 0.2) is 30.6 Å². The van der Waals surface area contributed by atoms with Crippen molar-refractivity contribution in [3.05, 3.63) is 53.6 Å². The minimum absolute atomic E-state index is 0. The van der Waals surface area contributed by atoms with Gasteiger partial charge in [-0.15, -0.1) is 0 Å². The quantitative estimate of drug-likeness (QED) is 0.771. The van der Waals surface area contributed by atoms with Crippen molar-refractivity contribution in [1.29, 1.82) is 0 Å². The topological polar surface area (TPSA) is 84.4 Å². The largest absolute Gasteiger partial charge is 0.444 e. The summed E-state index contributed by atoms with van der Waals surface area (Å²) in [5.41, 5.74) is -0.160. The van der Waals surface area contributed by atoms with Crippen LogP contribution >= 0.6 is 13.5 Å². The SMILES string of the molecule is Cc1ncc(N(C)C(=O)[C@H](Cc2cc(F)cc(F)c2)NC(=O)OC(C)(C)C)cn1.S. The Labute approximate surface area is 181 Å². The number of nitrogens with zero attached hydrogens (tertiary/aromatic N) is 3. The Morgan fingerprint density at radius 1 is 1.13 bits per heavy atom. The molecule has 0 fully saturated rings. The summed E-state index contributed by atoms with van der Waals surface area (Å²) in [6, 6.07) is 1.82. The van der Waals surface area contributed by atoms with Crippen molar-refractivity contribution in [2.75, 3.05) is 11.9 Å². The van der Waals surface area contributed by atoms with Gasteiger partial charge in [-0.3, -0.25) is 4.79 Å². The highest BCUT2D eigenvalue weighted by molar-refractivity contribution is 7.59. The van der Waals surface area contributed by atoms with E-state index in [0.29, 0.717) is 11.5 Å². The summed E-state index contributed by atoms with van der Waals surface area (Å²) in [6.45, 7) is 6.75. The molecule has 0 aliphatic rings. The van der Waals surface area contributed by atoms with E-state index in [0.717, 1.165) is 18.2 Å². The Kier molecular flexibility index (Phi) is 8.71. The fourth-order valence-corrected chi connectivity index (χ4v) is 2.53. The third-order valence-electron chi connectivity index (χ3n) is 3.84. The fourth-order valence-electron chi connectivity index (χ4n) is 2.53. The van der Waals surface area contributed by atoms with Gasteiger partial charge >= 0.3 is 6.09 Å². The second-order valence-corrected chi connectivity index (χ2v) is 7.57. The van der Waals surface area contributed by atoms with Gasteiger partial charge in [-0.25, -0.2) is 23.5 Å². The average molecular weight is 441 g/mol. The maximum atomic E-state index is 13.6. The van der Waals surface area contributed by atoms with E-state index in [1.165, 1.54) is 24.3 Å². The number of halogens is 2. The van der Waals surface area contributed by atoms with Crippen LogP contribution in [0.1, 0.15) is 32.2 Å². The normalized spacial score (nSPS) is 11.8. The van der Waals surface area contributed by atoms with Crippen molar-refractivity contribution in [2.45, 2.75) is 45.8 Å². The number of hydrogen-bond acceptors (Lipinski definition) is 5. The molecule has 0 radical (unpaired) electrons. The molecule has 7 nitrogen and oxygen atoms in total. The number of amides is 2. The van der Waals surface area contributed by atoms with E-state index < -0.39 is 35.3 Å². The van der Waals surface area contributed by atoms with Gasteiger partial charge in [0, 0.05) is 19.5 Å². The molecule has 0 spiro atoms. The van der Waals surface area contributed by atoms with Gasteiger partial charge in [0.2, 0.25) is 5.91 Å². The maximum Gasteiger partial charge on any atom is 0.408 e. The smallest absolute Gasteiger partial charge is 0.408 e. The number of ether oxygens (including phenoxy) is 1. The summed E-state index contributed by atoms with van der Waals surface area (Å²) in [7, 11) is 1.49. The molecule has 0 saturated heterocycles. The molecule has 0 bridgehead atoms. The standard InChI is InChI=1S/C20H24F2N4O3.H2S/c1-12-23-10-16(11-24-12)26(5)18(27)17(25-19(28)29-20(2,3)4)8-13-6-14(21)9-15(22)7-13;/h6-7,9-11,17H,8H2,1-5H3,(H,25,28);1H2/t17-;/m0./s1. The molecule has 0 saturated carbocycles. The van der Waals surface area contributed by atoms with E-state index in [4.69, 9.17) is 4.74 Å². The number of benzene rings is 1. The van der Waals surface area contributed by atoms with Crippen LogP contribution in [0.25, 0.3) is 0 Å². The van der Waals surface area contributed by atoms with Gasteiger partial charge in [-0.2, -0.15) is 13.5 Å². The molecular formula is C20H26F2N4O3S. The number of aryl methyl sites for hydroxylation is 1. The number of alkyl carbamates (subject to hydrolysis) is 1. The number of aromatic nitrogens is 2. The first kappa shape index (κ1) is 25.3. The molecule has 10 heteroatoms. The zero-order chi connectivity index (χ0) is 21.8. The van der Waals surface area contributed by atoms with Gasteiger partial charge in [0.25, 0.3) is 0 Å². The highest BCUT2D eigenvalue weighted by atomic mass is 32.1. The Morgan fingerprint density at radius 3 is 2.17 bits per heavy atom. The second kappa shape index (κ2) is 10.3. The molecular weight excluding hydrogens is 414 g/mol. The minimum atomic E-state index is -1.13. The summed E-state index contributed by atoms with van der Waals surface area (Å²) < 4.78 is 32.3. The predicted molar refractivity (Wildman–Crippen MR) is 114 cm³/mol. The van der Waals surface area contributed by atoms with Crippen LogP contribution in [0.5, 0.6) is 0 Å². The summed E-state index contributed by atoms with van der Waals surface area (Å²) in [4.78, 5) is 34.6. The zero-order valence-corrected chi connectivity index (χ0v) is 18.5. The molecule has 1 aromatic carbocycles. The first-order valence-corrected chi connectivity index (χ1v) is 8.95. The lowest BCUT2D eigenvalue weighted by Gasteiger charge is -2.26. The Morgan fingerprint density at radius 2 is 1.67 bits per heavy atom. The Hall–Kier alpha value is -2.75. The monoisotopic (exact) mass is 440 g/mol. The molecule has 0 aliphatic carbocycles. The highest BCUT2D eigenvalue weighted by Crippen LogP contribution is 2.16. The lowest BCUT2D eigenvalue weighted by molar-refractivity contribution is -0.120. The van der Waals surface area contributed by atoms with Crippen LogP contribution in [0.3, 0.4) is 0 Å². The number of carbonyl (C=O) groups excluding carboxylic acids is 2. The lowest BCUT2D eigenvalue weighted by atomic mass is 10.0. The zero-order valence-electron chi connectivity index (χ0n) is 17.5. The fraction of sp³-hybridized carbons (Fsp3) is 0.400. The number of likely N-dealkylation sites (N-methyl/N-ethyl adjacent to an activating group) is 1.